The Labute approximate surface area is 136 Å². The van der Waals surface area contributed by atoms with Gasteiger partial charge in [-0.3, -0.25) is 19.7 Å². The monoisotopic (exact) mass is 351 g/mol. The molecule has 2 aliphatic carbocycles. The van der Waals surface area contributed by atoms with E-state index >= 15 is 0 Å². The minimum absolute atomic E-state index is 0.424. The summed E-state index contributed by atoms with van der Waals surface area (Å²) in [6.45, 7) is 1.25. The number of carbonyl (C=O) groups excluding carboxylic acids is 2. The predicted molar refractivity (Wildman–Crippen MR) is 74.8 cm³/mol. The van der Waals surface area contributed by atoms with Gasteiger partial charge in [-0.05, 0) is 12.8 Å². The number of nitrogens with zero attached hydrogens (tertiary/aromatic N) is 1. The minimum Gasteiger partial charge on any atom is -0.422 e. The predicted octanol–water partition coefficient (Wildman–Crippen LogP) is 2.20. The zero-order valence-electron chi connectivity index (χ0n) is 11.8. The highest BCUT2D eigenvalue weighted by Gasteiger charge is 2.92. The van der Waals surface area contributed by atoms with Crippen LogP contribution in [0.5, 0.6) is 0 Å². The van der Waals surface area contributed by atoms with Crippen molar-refractivity contribution in [2.45, 2.75) is 55.2 Å². The van der Waals surface area contributed by atoms with E-state index in [9.17, 15) is 19.7 Å². The summed E-state index contributed by atoms with van der Waals surface area (Å²) in [7, 11) is 0. The van der Waals surface area contributed by atoms with E-state index in [2.05, 4.69) is 0 Å². The van der Waals surface area contributed by atoms with Gasteiger partial charge in [0, 0.05) is 24.7 Å². The molecule has 0 aromatic rings. The largest absolute Gasteiger partial charge is 0.422 e. The maximum atomic E-state index is 12.5. The van der Waals surface area contributed by atoms with Crippen LogP contribution in [0.3, 0.4) is 0 Å². The summed E-state index contributed by atoms with van der Waals surface area (Å²) in [5.41, 5.74) is -1.99. The van der Waals surface area contributed by atoms with Gasteiger partial charge >= 0.3 is 11.9 Å². The van der Waals surface area contributed by atoms with Crippen LogP contribution in [0.25, 0.3) is 0 Å². The second kappa shape index (κ2) is 4.71. The van der Waals surface area contributed by atoms with E-state index in [1.54, 1.807) is 0 Å². The summed E-state index contributed by atoms with van der Waals surface area (Å²) in [5, 5.41) is 11.0. The summed E-state index contributed by atoms with van der Waals surface area (Å²) in [6, 6.07) is -1.27. The molecule has 0 aromatic heterocycles. The van der Waals surface area contributed by atoms with Gasteiger partial charge in [-0.2, -0.15) is 0 Å². The average Bonchev–Trinajstić information content (AvgIpc) is 2.94. The normalized spacial score (nSPS) is 36.6. The van der Waals surface area contributed by atoms with Gasteiger partial charge in [-0.25, -0.2) is 0 Å². The van der Waals surface area contributed by atoms with Crippen molar-refractivity contribution in [3.05, 3.63) is 10.1 Å². The van der Waals surface area contributed by atoms with Crippen molar-refractivity contribution in [2.75, 3.05) is 0 Å². The Hall–Kier alpha value is -1.08. The lowest BCUT2D eigenvalue weighted by atomic mass is 9.91. The number of nitro groups is 1. The molecule has 3 aliphatic rings. The fraction of sp³-hybridized carbons (Fsp3) is 0.846. The molecule has 2 atom stereocenters. The van der Waals surface area contributed by atoms with Crippen molar-refractivity contribution in [3.63, 3.8) is 0 Å². The van der Waals surface area contributed by atoms with E-state index in [1.165, 1.54) is 6.92 Å². The molecule has 122 valence electrons. The Morgan fingerprint density at radius 2 is 1.68 bits per heavy atom. The molecule has 22 heavy (non-hydrogen) atoms. The van der Waals surface area contributed by atoms with Gasteiger partial charge in [0.15, 0.2) is 4.33 Å². The number of ether oxygens (including phenoxy) is 2. The minimum atomic E-state index is -1.99. The number of rotatable bonds is 2. The lowest BCUT2D eigenvalue weighted by molar-refractivity contribution is -0.523. The highest BCUT2D eigenvalue weighted by molar-refractivity contribution is 6.56. The van der Waals surface area contributed by atoms with E-state index in [0.717, 1.165) is 19.3 Å². The van der Waals surface area contributed by atoms with E-state index in [4.69, 9.17) is 32.7 Å². The average molecular weight is 352 g/mol. The van der Waals surface area contributed by atoms with Crippen LogP contribution in [0.1, 0.15) is 39.0 Å². The molecule has 0 aromatic carbocycles. The smallest absolute Gasteiger partial charge is 0.330 e. The third kappa shape index (κ3) is 1.81. The van der Waals surface area contributed by atoms with Crippen molar-refractivity contribution in [1.82, 2.24) is 0 Å². The Kier molecular flexibility index (Phi) is 3.38. The molecule has 0 radical (unpaired) electrons. The fourth-order valence-corrected chi connectivity index (χ4v) is 4.77. The maximum absolute atomic E-state index is 12.5. The van der Waals surface area contributed by atoms with Gasteiger partial charge < -0.3 is 9.47 Å². The number of alkyl halides is 2. The summed E-state index contributed by atoms with van der Waals surface area (Å²) in [4.78, 5) is 35.4. The van der Waals surface area contributed by atoms with Crippen LogP contribution in [0, 0.1) is 21.4 Å². The highest BCUT2D eigenvalue weighted by atomic mass is 35.5. The van der Waals surface area contributed by atoms with E-state index < -0.39 is 44.4 Å². The topological polar surface area (TPSA) is 95.7 Å². The molecule has 9 heteroatoms. The molecule has 0 unspecified atom stereocenters. The van der Waals surface area contributed by atoms with Crippen LogP contribution in [-0.4, -0.2) is 33.0 Å². The third-order valence-electron chi connectivity index (χ3n) is 4.93. The molecule has 0 N–H and O–H groups in total. The number of hydrogen-bond donors (Lipinski definition) is 0. The van der Waals surface area contributed by atoms with Crippen LogP contribution >= 0.6 is 23.2 Å². The third-order valence-corrected chi connectivity index (χ3v) is 6.00. The summed E-state index contributed by atoms with van der Waals surface area (Å²) in [5.74, 6) is -4.24. The molecule has 0 bridgehead atoms. The van der Waals surface area contributed by atoms with Crippen LogP contribution in [-0.2, 0) is 19.1 Å². The molecular weight excluding hydrogens is 337 g/mol. The molecule has 7 nitrogen and oxygen atoms in total. The Morgan fingerprint density at radius 1 is 1.18 bits per heavy atom. The number of halogens is 2. The summed E-state index contributed by atoms with van der Waals surface area (Å²) < 4.78 is 8.89. The SMILES string of the molecule is C[C@@H]([C@@H]1C(Cl)(Cl)C12C(=O)OC1(CCCCC1)OC2=O)[N+](=O)[O-]. The van der Waals surface area contributed by atoms with Crippen LogP contribution in [0.2, 0.25) is 0 Å². The van der Waals surface area contributed by atoms with Gasteiger partial charge in [0.25, 0.3) is 5.79 Å². The van der Waals surface area contributed by atoms with Gasteiger partial charge in [0.1, 0.15) is 0 Å². The van der Waals surface area contributed by atoms with Gasteiger partial charge in [0.2, 0.25) is 11.5 Å². The Morgan fingerprint density at radius 3 is 2.14 bits per heavy atom. The molecule has 2 saturated carbocycles. The zero-order chi connectivity index (χ0) is 16.3. The molecule has 0 amide bonds. The first-order chi connectivity index (χ1) is 10.2. The first-order valence-corrected chi connectivity index (χ1v) is 7.93. The maximum Gasteiger partial charge on any atom is 0.330 e. The highest BCUT2D eigenvalue weighted by Crippen LogP contribution is 2.73. The molecule has 3 rings (SSSR count). The fourth-order valence-electron chi connectivity index (χ4n) is 3.64. The molecule has 1 heterocycles. The molecule has 1 aliphatic heterocycles. The van der Waals surface area contributed by atoms with Crippen LogP contribution < -0.4 is 0 Å². The van der Waals surface area contributed by atoms with Gasteiger partial charge in [-0.15, -0.1) is 0 Å². The Bertz CT molecular complexity index is 537. The molecular formula is C13H15Cl2NO6. The lowest BCUT2D eigenvalue weighted by Gasteiger charge is -2.41. The van der Waals surface area contributed by atoms with E-state index in [1.807, 2.05) is 0 Å². The zero-order valence-corrected chi connectivity index (χ0v) is 13.4. The van der Waals surface area contributed by atoms with E-state index in [-0.39, 0.29) is 0 Å². The van der Waals surface area contributed by atoms with Gasteiger partial charge in [0.05, 0.1) is 5.92 Å². The van der Waals surface area contributed by atoms with Gasteiger partial charge in [-0.1, -0.05) is 29.6 Å². The Balaban J connectivity index is 1.92. The van der Waals surface area contributed by atoms with Crippen molar-refractivity contribution in [3.8, 4) is 0 Å². The van der Waals surface area contributed by atoms with Crippen molar-refractivity contribution >= 4 is 35.1 Å². The second-order valence-corrected chi connectivity index (χ2v) is 7.57. The lowest BCUT2D eigenvalue weighted by Crippen LogP contribution is -2.54. The second-order valence-electron chi connectivity index (χ2n) is 6.18. The van der Waals surface area contributed by atoms with Crippen LogP contribution in [0.15, 0.2) is 0 Å². The van der Waals surface area contributed by atoms with Crippen molar-refractivity contribution < 1.29 is 24.0 Å². The molecule has 2 spiro atoms. The standard InChI is InChI=1S/C13H15Cl2NO6/c1-7(16(19)20)8-12(13(8,14)15)9(17)21-11(22-10(12)18)5-3-2-4-6-11/h7-8H,2-6H2,1H3/t7-,8-/m0/s1. The number of hydrogen-bond acceptors (Lipinski definition) is 6. The molecule has 1 saturated heterocycles. The number of carbonyl (C=O) groups is 2. The quantitative estimate of drug-likeness (QED) is 0.249. The molecule has 3 fully saturated rings. The van der Waals surface area contributed by atoms with Crippen molar-refractivity contribution in [2.24, 2.45) is 11.3 Å². The van der Waals surface area contributed by atoms with Crippen molar-refractivity contribution in [1.29, 1.82) is 0 Å². The van der Waals surface area contributed by atoms with E-state index in [0.29, 0.717) is 12.8 Å². The summed E-state index contributed by atoms with van der Waals surface area (Å²) in [6.07, 6.45) is 3.36. The number of esters is 2. The first-order valence-electron chi connectivity index (χ1n) is 7.17. The summed E-state index contributed by atoms with van der Waals surface area (Å²) >= 11 is 12.1. The van der Waals surface area contributed by atoms with Crippen LogP contribution in [0.4, 0.5) is 0 Å². The first kappa shape index (κ1) is 15.8.